The lowest BCUT2D eigenvalue weighted by Gasteiger charge is -2.24. The van der Waals surface area contributed by atoms with E-state index >= 15 is 0 Å². The van der Waals surface area contributed by atoms with Crippen LogP contribution < -0.4 is 15.0 Å². The Balaban J connectivity index is 1.72. The molecule has 0 saturated heterocycles. The SMILES string of the molecule is CCCCCCCCOc1ccc(N(CC)CCNc2ccc(C(C)=O)cc2)cc1. The maximum absolute atomic E-state index is 11.4. The number of carbonyl (C=O) groups excluding carboxylic acids is 1. The highest BCUT2D eigenvalue weighted by Crippen LogP contribution is 2.20. The summed E-state index contributed by atoms with van der Waals surface area (Å²) < 4.78 is 5.89. The quantitative estimate of drug-likeness (QED) is 0.266. The zero-order chi connectivity index (χ0) is 21.6. The molecule has 2 rings (SSSR count). The molecule has 0 unspecified atom stereocenters. The number of nitrogens with one attached hydrogen (secondary N) is 1. The van der Waals surface area contributed by atoms with Crippen molar-refractivity contribution >= 4 is 17.2 Å². The van der Waals surface area contributed by atoms with Gasteiger partial charge in [0, 0.05) is 36.6 Å². The van der Waals surface area contributed by atoms with E-state index in [-0.39, 0.29) is 5.78 Å². The topological polar surface area (TPSA) is 41.6 Å². The molecule has 0 aliphatic rings. The van der Waals surface area contributed by atoms with Crippen molar-refractivity contribution in [3.8, 4) is 5.75 Å². The number of rotatable bonds is 15. The molecule has 0 aliphatic heterocycles. The number of likely N-dealkylation sites (N-methyl/N-ethyl adjacent to an activating group) is 1. The van der Waals surface area contributed by atoms with Crippen molar-refractivity contribution in [1.82, 2.24) is 0 Å². The van der Waals surface area contributed by atoms with Crippen LogP contribution in [-0.4, -0.2) is 32.0 Å². The monoisotopic (exact) mass is 410 g/mol. The van der Waals surface area contributed by atoms with Crippen molar-refractivity contribution < 1.29 is 9.53 Å². The molecule has 0 atom stereocenters. The van der Waals surface area contributed by atoms with E-state index < -0.39 is 0 Å². The van der Waals surface area contributed by atoms with E-state index in [1.54, 1.807) is 6.92 Å². The fourth-order valence-electron chi connectivity index (χ4n) is 3.45. The van der Waals surface area contributed by atoms with Gasteiger partial charge in [-0.05, 0) is 68.8 Å². The zero-order valence-corrected chi connectivity index (χ0v) is 19.0. The first-order chi connectivity index (χ1) is 14.6. The molecule has 0 spiro atoms. The van der Waals surface area contributed by atoms with Crippen LogP contribution in [0.3, 0.4) is 0 Å². The van der Waals surface area contributed by atoms with Crippen molar-refractivity contribution in [3.63, 3.8) is 0 Å². The van der Waals surface area contributed by atoms with E-state index in [2.05, 4.69) is 48.3 Å². The molecule has 164 valence electrons. The van der Waals surface area contributed by atoms with E-state index in [1.807, 2.05) is 24.3 Å². The van der Waals surface area contributed by atoms with Gasteiger partial charge in [-0.15, -0.1) is 0 Å². The lowest BCUT2D eigenvalue weighted by atomic mass is 10.1. The Bertz CT molecular complexity index is 726. The van der Waals surface area contributed by atoms with Crippen LogP contribution in [0.4, 0.5) is 11.4 Å². The highest BCUT2D eigenvalue weighted by atomic mass is 16.5. The maximum atomic E-state index is 11.4. The average Bonchev–Trinajstić information content (AvgIpc) is 2.77. The smallest absolute Gasteiger partial charge is 0.159 e. The summed E-state index contributed by atoms with van der Waals surface area (Å²) >= 11 is 0. The first kappa shape index (κ1) is 23.8. The maximum Gasteiger partial charge on any atom is 0.159 e. The summed E-state index contributed by atoms with van der Waals surface area (Å²) in [5, 5.41) is 3.43. The van der Waals surface area contributed by atoms with Crippen LogP contribution in [0.1, 0.15) is 69.7 Å². The molecule has 0 radical (unpaired) electrons. The minimum atomic E-state index is 0.0955. The van der Waals surface area contributed by atoms with Crippen molar-refractivity contribution in [2.75, 3.05) is 36.5 Å². The van der Waals surface area contributed by atoms with Crippen molar-refractivity contribution in [1.29, 1.82) is 0 Å². The fourth-order valence-corrected chi connectivity index (χ4v) is 3.45. The number of hydrogen-bond acceptors (Lipinski definition) is 4. The van der Waals surface area contributed by atoms with Crippen molar-refractivity contribution in [3.05, 3.63) is 54.1 Å². The summed E-state index contributed by atoms with van der Waals surface area (Å²) in [6.45, 7) is 9.50. The Morgan fingerprint density at radius 3 is 2.20 bits per heavy atom. The van der Waals surface area contributed by atoms with Crippen LogP contribution in [0.25, 0.3) is 0 Å². The number of ether oxygens (including phenoxy) is 1. The van der Waals surface area contributed by atoms with Gasteiger partial charge >= 0.3 is 0 Å². The second-order valence-corrected chi connectivity index (χ2v) is 7.75. The number of carbonyl (C=O) groups is 1. The third-order valence-corrected chi connectivity index (χ3v) is 5.35. The van der Waals surface area contributed by atoms with Gasteiger partial charge in [0.1, 0.15) is 5.75 Å². The Morgan fingerprint density at radius 2 is 1.57 bits per heavy atom. The lowest BCUT2D eigenvalue weighted by molar-refractivity contribution is 0.101. The summed E-state index contributed by atoms with van der Waals surface area (Å²) in [6.07, 6.45) is 7.69. The summed E-state index contributed by atoms with van der Waals surface area (Å²) in [7, 11) is 0. The number of benzene rings is 2. The zero-order valence-electron chi connectivity index (χ0n) is 19.0. The van der Waals surface area contributed by atoms with Crippen molar-refractivity contribution in [2.45, 2.75) is 59.3 Å². The normalized spacial score (nSPS) is 10.6. The van der Waals surface area contributed by atoms with Gasteiger partial charge < -0.3 is 15.0 Å². The van der Waals surface area contributed by atoms with Gasteiger partial charge in [0.2, 0.25) is 0 Å². The lowest BCUT2D eigenvalue weighted by Crippen LogP contribution is -2.28. The molecular weight excluding hydrogens is 372 g/mol. The number of Topliss-reactive ketones (excluding diaryl/α,β-unsaturated/α-hetero) is 1. The Hall–Kier alpha value is -2.49. The third-order valence-electron chi connectivity index (χ3n) is 5.35. The summed E-state index contributed by atoms with van der Waals surface area (Å²) in [5.41, 5.74) is 2.99. The molecule has 30 heavy (non-hydrogen) atoms. The van der Waals surface area contributed by atoms with Crippen LogP contribution in [0, 0.1) is 0 Å². The predicted octanol–water partition coefficient (Wildman–Crippen LogP) is 6.57. The van der Waals surface area contributed by atoms with Crippen LogP contribution in [0.5, 0.6) is 5.75 Å². The molecule has 0 aromatic heterocycles. The van der Waals surface area contributed by atoms with Crippen LogP contribution >= 0.6 is 0 Å². The number of unbranched alkanes of at least 4 members (excludes halogenated alkanes) is 5. The fraction of sp³-hybridized carbons (Fsp3) is 0.500. The third kappa shape index (κ3) is 8.48. The molecule has 0 aliphatic carbocycles. The highest BCUT2D eigenvalue weighted by Gasteiger charge is 2.05. The van der Waals surface area contributed by atoms with Gasteiger partial charge in [-0.25, -0.2) is 0 Å². The van der Waals surface area contributed by atoms with Crippen molar-refractivity contribution in [2.24, 2.45) is 0 Å². The van der Waals surface area contributed by atoms with E-state index in [9.17, 15) is 4.79 Å². The Morgan fingerprint density at radius 1 is 0.900 bits per heavy atom. The van der Waals surface area contributed by atoms with Gasteiger partial charge in [-0.1, -0.05) is 39.0 Å². The number of anilines is 2. The van der Waals surface area contributed by atoms with Crippen LogP contribution in [-0.2, 0) is 0 Å². The molecule has 2 aromatic rings. The molecule has 0 bridgehead atoms. The van der Waals surface area contributed by atoms with Gasteiger partial charge in [0.15, 0.2) is 5.78 Å². The molecule has 0 amide bonds. The van der Waals surface area contributed by atoms with Crippen LogP contribution in [0.2, 0.25) is 0 Å². The van der Waals surface area contributed by atoms with Crippen LogP contribution in [0.15, 0.2) is 48.5 Å². The molecule has 2 aromatic carbocycles. The number of hydrogen-bond donors (Lipinski definition) is 1. The minimum Gasteiger partial charge on any atom is -0.494 e. The average molecular weight is 411 g/mol. The number of nitrogens with zero attached hydrogens (tertiary/aromatic N) is 1. The first-order valence-corrected chi connectivity index (χ1v) is 11.5. The van der Waals surface area contributed by atoms with Gasteiger partial charge in [-0.3, -0.25) is 4.79 Å². The Kier molecular flexibility index (Phi) is 10.8. The van der Waals surface area contributed by atoms with E-state index in [0.29, 0.717) is 0 Å². The summed E-state index contributed by atoms with van der Waals surface area (Å²) in [6, 6.07) is 16.1. The largest absolute Gasteiger partial charge is 0.494 e. The molecular formula is C26H38N2O2. The number of ketones is 1. The second kappa shape index (κ2) is 13.7. The summed E-state index contributed by atoms with van der Waals surface area (Å²) in [5.74, 6) is 1.05. The molecule has 4 heteroatoms. The van der Waals surface area contributed by atoms with E-state index in [4.69, 9.17) is 4.74 Å². The minimum absolute atomic E-state index is 0.0955. The summed E-state index contributed by atoms with van der Waals surface area (Å²) in [4.78, 5) is 13.7. The first-order valence-electron chi connectivity index (χ1n) is 11.5. The Labute approximate surface area is 182 Å². The molecule has 0 fully saturated rings. The standard InChI is InChI=1S/C26H38N2O2/c1-4-6-7-8-9-10-21-30-26-17-15-25(16-18-26)28(5-2)20-19-27-24-13-11-23(12-14-24)22(3)29/h11-18,27H,4-10,19-21H2,1-3H3. The van der Waals surface area contributed by atoms with Gasteiger partial charge in [0.25, 0.3) is 0 Å². The molecule has 4 nitrogen and oxygen atoms in total. The predicted molar refractivity (Wildman–Crippen MR) is 128 cm³/mol. The van der Waals surface area contributed by atoms with E-state index in [1.165, 1.54) is 37.8 Å². The van der Waals surface area contributed by atoms with Gasteiger partial charge in [-0.2, -0.15) is 0 Å². The van der Waals surface area contributed by atoms with E-state index in [0.717, 1.165) is 49.7 Å². The second-order valence-electron chi connectivity index (χ2n) is 7.75. The molecule has 0 heterocycles. The molecule has 1 N–H and O–H groups in total. The highest BCUT2D eigenvalue weighted by molar-refractivity contribution is 5.94. The van der Waals surface area contributed by atoms with Gasteiger partial charge in [0.05, 0.1) is 6.61 Å². The molecule has 0 saturated carbocycles.